The Morgan fingerprint density at radius 2 is 1.88 bits per heavy atom. The van der Waals surface area contributed by atoms with Gasteiger partial charge in [-0.05, 0) is 6.07 Å². The largest absolute Gasteiger partial charge is 0.443 e. The highest BCUT2D eigenvalue weighted by Crippen LogP contribution is 2.22. The molecule has 0 atom stereocenters. The van der Waals surface area contributed by atoms with Gasteiger partial charge in [-0.3, -0.25) is 0 Å². The average molecular weight is 232 g/mol. The first-order valence-corrected chi connectivity index (χ1v) is 5.52. The van der Waals surface area contributed by atoms with Gasteiger partial charge in [-0.25, -0.2) is 15.0 Å². The van der Waals surface area contributed by atoms with E-state index in [2.05, 4.69) is 41.0 Å². The van der Waals surface area contributed by atoms with Gasteiger partial charge in [0.2, 0.25) is 11.8 Å². The summed E-state index contributed by atoms with van der Waals surface area (Å²) in [5, 5.41) is 3.05. The molecule has 0 unspecified atom stereocenters. The average Bonchev–Trinajstić information content (AvgIpc) is 2.76. The van der Waals surface area contributed by atoms with E-state index in [-0.39, 0.29) is 5.41 Å². The van der Waals surface area contributed by atoms with Crippen LogP contribution < -0.4 is 5.32 Å². The normalized spacial score (nSPS) is 11.5. The summed E-state index contributed by atoms with van der Waals surface area (Å²) in [6, 6.07) is 1.77. The molecule has 0 aliphatic rings. The summed E-state index contributed by atoms with van der Waals surface area (Å²) in [7, 11) is 0. The maximum Gasteiger partial charge on any atom is 0.223 e. The van der Waals surface area contributed by atoms with Gasteiger partial charge in [0.15, 0.2) is 0 Å². The van der Waals surface area contributed by atoms with Crippen molar-refractivity contribution in [2.24, 2.45) is 0 Å². The second kappa shape index (κ2) is 4.53. The Bertz CT molecular complexity index is 473. The number of oxazole rings is 1. The van der Waals surface area contributed by atoms with Crippen LogP contribution in [0.25, 0.3) is 0 Å². The maximum absolute atomic E-state index is 5.64. The van der Waals surface area contributed by atoms with Crippen molar-refractivity contribution in [1.82, 2.24) is 15.0 Å². The molecule has 0 aliphatic heterocycles. The summed E-state index contributed by atoms with van der Waals surface area (Å²) in [4.78, 5) is 12.3. The third-order valence-electron chi connectivity index (χ3n) is 2.26. The standard InChI is InChI=1S/C12H16N4O/c1-12(2,3)9-7-15-10(17-9)8-16-11-13-5-4-6-14-11/h4-7H,8H2,1-3H3,(H,13,14,16). The number of aromatic nitrogens is 3. The van der Waals surface area contributed by atoms with E-state index >= 15 is 0 Å². The van der Waals surface area contributed by atoms with Crippen molar-refractivity contribution < 1.29 is 4.42 Å². The first-order valence-electron chi connectivity index (χ1n) is 5.52. The van der Waals surface area contributed by atoms with E-state index in [0.29, 0.717) is 18.4 Å². The lowest BCUT2D eigenvalue weighted by atomic mass is 9.94. The van der Waals surface area contributed by atoms with Gasteiger partial charge in [0.25, 0.3) is 0 Å². The molecule has 5 nitrogen and oxygen atoms in total. The van der Waals surface area contributed by atoms with Crippen molar-refractivity contribution in [2.75, 3.05) is 5.32 Å². The molecule has 2 aromatic heterocycles. The number of hydrogen-bond acceptors (Lipinski definition) is 5. The first-order chi connectivity index (χ1) is 8.05. The van der Waals surface area contributed by atoms with Crippen LogP contribution in [0.15, 0.2) is 29.1 Å². The van der Waals surface area contributed by atoms with E-state index in [0.717, 1.165) is 5.76 Å². The minimum absolute atomic E-state index is 0.0193. The molecule has 17 heavy (non-hydrogen) atoms. The molecule has 1 N–H and O–H groups in total. The molecule has 0 aromatic carbocycles. The quantitative estimate of drug-likeness (QED) is 0.880. The summed E-state index contributed by atoms with van der Waals surface area (Å²) < 4.78 is 5.64. The van der Waals surface area contributed by atoms with Gasteiger partial charge < -0.3 is 9.73 Å². The molecule has 0 fully saturated rings. The maximum atomic E-state index is 5.64. The molecule has 90 valence electrons. The molecular weight excluding hydrogens is 216 g/mol. The van der Waals surface area contributed by atoms with Gasteiger partial charge in [0, 0.05) is 17.8 Å². The highest BCUT2D eigenvalue weighted by atomic mass is 16.4. The van der Waals surface area contributed by atoms with Gasteiger partial charge in [-0.1, -0.05) is 20.8 Å². The first kappa shape index (κ1) is 11.6. The van der Waals surface area contributed by atoms with Crippen molar-refractivity contribution in [2.45, 2.75) is 32.7 Å². The summed E-state index contributed by atoms with van der Waals surface area (Å²) >= 11 is 0. The summed E-state index contributed by atoms with van der Waals surface area (Å²) in [6.45, 7) is 6.75. The van der Waals surface area contributed by atoms with E-state index in [1.165, 1.54) is 0 Å². The van der Waals surface area contributed by atoms with Crippen LogP contribution in [0.1, 0.15) is 32.4 Å². The molecule has 0 spiro atoms. The fraction of sp³-hybridized carbons (Fsp3) is 0.417. The van der Waals surface area contributed by atoms with E-state index in [1.807, 2.05) is 0 Å². The molecule has 0 saturated carbocycles. The number of nitrogens with zero attached hydrogens (tertiary/aromatic N) is 3. The Balaban J connectivity index is 1.99. The second-order valence-electron chi connectivity index (χ2n) is 4.79. The molecule has 2 aromatic rings. The van der Waals surface area contributed by atoms with Crippen LogP contribution >= 0.6 is 0 Å². The fourth-order valence-electron chi connectivity index (χ4n) is 1.28. The van der Waals surface area contributed by atoms with Crippen LogP contribution in [0.5, 0.6) is 0 Å². The third kappa shape index (κ3) is 3.03. The Kier molecular flexibility index (Phi) is 3.08. The highest BCUT2D eigenvalue weighted by molar-refractivity contribution is 5.22. The molecular formula is C12H16N4O. The monoisotopic (exact) mass is 232 g/mol. The predicted molar refractivity (Wildman–Crippen MR) is 64.6 cm³/mol. The predicted octanol–water partition coefficient (Wildman–Crippen LogP) is 2.37. The minimum atomic E-state index is -0.0193. The molecule has 0 aliphatic carbocycles. The topological polar surface area (TPSA) is 63.8 Å². The number of nitrogens with one attached hydrogen (secondary N) is 1. The van der Waals surface area contributed by atoms with Crippen LogP contribution in [0, 0.1) is 0 Å². The van der Waals surface area contributed by atoms with Gasteiger partial charge in [-0.15, -0.1) is 0 Å². The zero-order chi connectivity index (χ0) is 12.3. The third-order valence-corrected chi connectivity index (χ3v) is 2.26. The lowest BCUT2D eigenvalue weighted by Gasteiger charge is -2.13. The van der Waals surface area contributed by atoms with Crippen LogP contribution in [0.3, 0.4) is 0 Å². The van der Waals surface area contributed by atoms with Gasteiger partial charge in [0.05, 0.1) is 12.7 Å². The van der Waals surface area contributed by atoms with Crippen molar-refractivity contribution in [1.29, 1.82) is 0 Å². The van der Waals surface area contributed by atoms with E-state index in [1.54, 1.807) is 24.7 Å². The van der Waals surface area contributed by atoms with Crippen molar-refractivity contribution >= 4 is 5.95 Å². The molecule has 0 bridgehead atoms. The zero-order valence-corrected chi connectivity index (χ0v) is 10.3. The van der Waals surface area contributed by atoms with Gasteiger partial charge in [0.1, 0.15) is 5.76 Å². The molecule has 0 radical (unpaired) electrons. The molecule has 0 saturated heterocycles. The Morgan fingerprint density at radius 3 is 2.47 bits per heavy atom. The molecule has 5 heteroatoms. The lowest BCUT2D eigenvalue weighted by molar-refractivity contribution is 0.385. The van der Waals surface area contributed by atoms with Crippen LogP contribution in [0.4, 0.5) is 5.95 Å². The zero-order valence-electron chi connectivity index (χ0n) is 10.3. The summed E-state index contributed by atoms with van der Waals surface area (Å²) in [5.74, 6) is 2.09. The van der Waals surface area contributed by atoms with Gasteiger partial charge >= 0.3 is 0 Å². The van der Waals surface area contributed by atoms with Crippen molar-refractivity contribution in [3.63, 3.8) is 0 Å². The number of hydrogen-bond donors (Lipinski definition) is 1. The Hall–Kier alpha value is -1.91. The van der Waals surface area contributed by atoms with Crippen LogP contribution in [-0.4, -0.2) is 15.0 Å². The summed E-state index contributed by atoms with van der Waals surface area (Å²) in [5.41, 5.74) is -0.0193. The van der Waals surface area contributed by atoms with E-state index < -0.39 is 0 Å². The van der Waals surface area contributed by atoms with Crippen LogP contribution in [-0.2, 0) is 12.0 Å². The minimum Gasteiger partial charge on any atom is -0.443 e. The SMILES string of the molecule is CC(C)(C)c1cnc(CNc2ncccn2)o1. The van der Waals surface area contributed by atoms with E-state index in [4.69, 9.17) is 4.42 Å². The molecule has 2 heterocycles. The molecule has 2 rings (SSSR count). The summed E-state index contributed by atoms with van der Waals surface area (Å²) in [6.07, 6.45) is 5.14. The van der Waals surface area contributed by atoms with Crippen molar-refractivity contribution in [3.8, 4) is 0 Å². The smallest absolute Gasteiger partial charge is 0.223 e. The highest BCUT2D eigenvalue weighted by Gasteiger charge is 2.18. The Morgan fingerprint density at radius 1 is 1.18 bits per heavy atom. The van der Waals surface area contributed by atoms with E-state index in [9.17, 15) is 0 Å². The lowest BCUT2D eigenvalue weighted by Crippen LogP contribution is -2.09. The van der Waals surface area contributed by atoms with Gasteiger partial charge in [-0.2, -0.15) is 0 Å². The number of anilines is 1. The Labute approximate surface area is 100 Å². The molecule has 0 amide bonds. The fourth-order valence-corrected chi connectivity index (χ4v) is 1.28. The van der Waals surface area contributed by atoms with Crippen LogP contribution in [0.2, 0.25) is 0 Å². The number of rotatable bonds is 3. The second-order valence-corrected chi connectivity index (χ2v) is 4.79. The van der Waals surface area contributed by atoms with Crippen molar-refractivity contribution in [3.05, 3.63) is 36.3 Å².